The molecule has 27 heavy (non-hydrogen) atoms. The third-order valence-corrected chi connectivity index (χ3v) is 4.39. The van der Waals surface area contributed by atoms with E-state index in [2.05, 4.69) is 36.6 Å². The van der Waals surface area contributed by atoms with Gasteiger partial charge in [-0.05, 0) is 35.2 Å². The molecule has 0 radical (unpaired) electrons. The fraction of sp³-hybridized carbons (Fsp3) is 0.300. The zero-order valence-corrected chi connectivity index (χ0v) is 16.1. The predicted octanol–water partition coefficient (Wildman–Crippen LogP) is 2.99. The van der Waals surface area contributed by atoms with Crippen molar-refractivity contribution >= 4 is 29.9 Å². The van der Waals surface area contributed by atoms with Gasteiger partial charge < -0.3 is 21.1 Å². The number of fused-ring (bicyclic) bond motifs is 1. The van der Waals surface area contributed by atoms with Crippen LogP contribution in [0.3, 0.4) is 0 Å². The molecule has 4 N–H and O–H groups in total. The van der Waals surface area contributed by atoms with Crippen molar-refractivity contribution in [3.63, 3.8) is 0 Å². The highest BCUT2D eigenvalue weighted by atomic mass is 35.5. The minimum atomic E-state index is -0.291. The first kappa shape index (κ1) is 20.7. The monoisotopic (exact) mass is 389 g/mol. The minimum Gasteiger partial charge on any atom is -0.482 e. The number of carbonyl (C=O) groups excluding carboxylic acids is 2. The largest absolute Gasteiger partial charge is 0.482 e. The summed E-state index contributed by atoms with van der Waals surface area (Å²) < 4.78 is 5.29. The molecular formula is C20H24ClN3O3. The van der Waals surface area contributed by atoms with Gasteiger partial charge in [-0.3, -0.25) is 9.59 Å². The Kier molecular flexibility index (Phi) is 6.82. The van der Waals surface area contributed by atoms with Crippen LogP contribution in [0.4, 0.5) is 5.69 Å². The molecule has 0 aliphatic carbocycles. The van der Waals surface area contributed by atoms with Crippen LogP contribution in [0.5, 0.6) is 5.75 Å². The van der Waals surface area contributed by atoms with Gasteiger partial charge in [0.2, 0.25) is 0 Å². The maximum Gasteiger partial charge on any atom is 0.262 e. The Morgan fingerprint density at radius 2 is 1.85 bits per heavy atom. The fourth-order valence-corrected chi connectivity index (χ4v) is 2.78. The van der Waals surface area contributed by atoms with Crippen LogP contribution in [0, 0.1) is 0 Å². The molecule has 2 aromatic rings. The summed E-state index contributed by atoms with van der Waals surface area (Å²) in [5.74, 6) is 0.542. The van der Waals surface area contributed by atoms with Crippen molar-refractivity contribution in [1.82, 2.24) is 5.32 Å². The lowest BCUT2D eigenvalue weighted by molar-refractivity contribution is -0.118. The van der Waals surface area contributed by atoms with Crippen molar-refractivity contribution in [3.05, 3.63) is 59.2 Å². The highest BCUT2D eigenvalue weighted by molar-refractivity contribution is 5.99. The average molecular weight is 390 g/mol. The third-order valence-electron chi connectivity index (χ3n) is 4.39. The van der Waals surface area contributed by atoms with E-state index in [4.69, 9.17) is 10.5 Å². The fourth-order valence-electron chi connectivity index (χ4n) is 2.78. The Hall–Kier alpha value is -2.57. The Bertz CT molecular complexity index is 822. The molecule has 1 atom stereocenters. The van der Waals surface area contributed by atoms with Crippen LogP contribution in [0.2, 0.25) is 0 Å². The molecule has 0 fully saturated rings. The maximum atomic E-state index is 12.4. The molecule has 2 amide bonds. The lowest BCUT2D eigenvalue weighted by Crippen LogP contribution is -2.32. The summed E-state index contributed by atoms with van der Waals surface area (Å²) in [6.07, 6.45) is 0. The Balaban J connectivity index is 0.00000261. The number of benzene rings is 2. The van der Waals surface area contributed by atoms with Crippen LogP contribution in [-0.2, 0) is 4.79 Å². The lowest BCUT2D eigenvalue weighted by atomic mass is 9.99. The molecule has 0 aromatic heterocycles. The molecule has 7 heteroatoms. The highest BCUT2D eigenvalue weighted by Crippen LogP contribution is 2.28. The van der Waals surface area contributed by atoms with E-state index in [-0.39, 0.29) is 36.9 Å². The number of hydrogen-bond acceptors (Lipinski definition) is 4. The van der Waals surface area contributed by atoms with Crippen LogP contribution < -0.4 is 21.1 Å². The van der Waals surface area contributed by atoms with Crippen molar-refractivity contribution in [2.24, 2.45) is 5.73 Å². The molecule has 144 valence electrons. The van der Waals surface area contributed by atoms with E-state index in [1.54, 1.807) is 18.2 Å². The van der Waals surface area contributed by atoms with E-state index in [0.717, 1.165) is 5.56 Å². The molecule has 6 nitrogen and oxygen atoms in total. The zero-order chi connectivity index (χ0) is 18.7. The standard InChI is InChI=1S/C20H23N3O3.ClH/c1-12(2)13-3-5-14(6-4-13)16(21)10-22-20(25)15-7-8-18-17(9-15)23-19(24)11-26-18;/h3-9,12,16H,10-11,21H2,1-2H3,(H,22,25)(H,23,24);1H. The SMILES string of the molecule is CC(C)c1ccc(C(N)CNC(=O)c2ccc3c(c2)NC(=O)CO3)cc1.Cl. The molecule has 3 rings (SSSR count). The van der Waals surface area contributed by atoms with E-state index < -0.39 is 0 Å². The van der Waals surface area contributed by atoms with Crippen LogP contribution in [0.25, 0.3) is 0 Å². The number of anilines is 1. The van der Waals surface area contributed by atoms with Crippen LogP contribution in [-0.4, -0.2) is 25.0 Å². The molecular weight excluding hydrogens is 366 g/mol. The van der Waals surface area contributed by atoms with Crippen molar-refractivity contribution in [1.29, 1.82) is 0 Å². The number of nitrogens with two attached hydrogens (primary N) is 1. The van der Waals surface area contributed by atoms with Crippen molar-refractivity contribution in [2.45, 2.75) is 25.8 Å². The zero-order valence-electron chi connectivity index (χ0n) is 15.3. The van der Waals surface area contributed by atoms with Gasteiger partial charge in [0.25, 0.3) is 11.8 Å². The van der Waals surface area contributed by atoms with Gasteiger partial charge in [0, 0.05) is 18.2 Å². The number of hydrogen-bond donors (Lipinski definition) is 3. The number of rotatable bonds is 5. The van der Waals surface area contributed by atoms with E-state index in [1.165, 1.54) is 5.56 Å². The third kappa shape index (κ3) is 4.99. The van der Waals surface area contributed by atoms with E-state index >= 15 is 0 Å². The van der Waals surface area contributed by atoms with Crippen LogP contribution in [0.15, 0.2) is 42.5 Å². The first-order chi connectivity index (χ1) is 12.4. The van der Waals surface area contributed by atoms with Gasteiger partial charge in [0.05, 0.1) is 5.69 Å². The van der Waals surface area contributed by atoms with Gasteiger partial charge in [-0.2, -0.15) is 0 Å². The second kappa shape index (κ2) is 8.88. The van der Waals surface area contributed by atoms with Gasteiger partial charge in [0.1, 0.15) is 5.75 Å². The van der Waals surface area contributed by atoms with Gasteiger partial charge in [-0.25, -0.2) is 0 Å². The van der Waals surface area contributed by atoms with Crippen molar-refractivity contribution < 1.29 is 14.3 Å². The van der Waals surface area contributed by atoms with E-state index in [0.29, 0.717) is 29.5 Å². The second-order valence-electron chi connectivity index (χ2n) is 6.69. The highest BCUT2D eigenvalue weighted by Gasteiger charge is 2.18. The molecule has 0 spiro atoms. The molecule has 1 heterocycles. The van der Waals surface area contributed by atoms with Crippen LogP contribution >= 0.6 is 12.4 Å². The normalized spacial score (nSPS) is 13.7. The molecule has 0 saturated carbocycles. The maximum absolute atomic E-state index is 12.4. The number of nitrogens with one attached hydrogen (secondary N) is 2. The van der Waals surface area contributed by atoms with Gasteiger partial charge in [-0.1, -0.05) is 38.1 Å². The Morgan fingerprint density at radius 3 is 2.52 bits per heavy atom. The Labute approximate surface area is 164 Å². The van der Waals surface area contributed by atoms with E-state index in [1.807, 2.05) is 12.1 Å². The molecule has 2 aromatic carbocycles. The van der Waals surface area contributed by atoms with E-state index in [9.17, 15) is 9.59 Å². The molecule has 0 saturated heterocycles. The number of carbonyl (C=O) groups is 2. The predicted molar refractivity (Wildman–Crippen MR) is 108 cm³/mol. The molecule has 1 unspecified atom stereocenters. The van der Waals surface area contributed by atoms with Gasteiger partial charge in [0.15, 0.2) is 6.61 Å². The Morgan fingerprint density at radius 1 is 1.19 bits per heavy atom. The summed E-state index contributed by atoms with van der Waals surface area (Å²) in [5.41, 5.74) is 9.35. The van der Waals surface area contributed by atoms with Crippen LogP contribution in [0.1, 0.15) is 47.3 Å². The summed E-state index contributed by atoms with van der Waals surface area (Å²) >= 11 is 0. The van der Waals surface area contributed by atoms with Gasteiger partial charge in [-0.15, -0.1) is 12.4 Å². The number of amides is 2. The topological polar surface area (TPSA) is 93.5 Å². The molecule has 1 aliphatic heterocycles. The number of ether oxygens (including phenoxy) is 1. The average Bonchev–Trinajstić information content (AvgIpc) is 2.65. The summed E-state index contributed by atoms with van der Waals surface area (Å²) in [5, 5.41) is 5.53. The second-order valence-corrected chi connectivity index (χ2v) is 6.69. The summed E-state index contributed by atoms with van der Waals surface area (Å²) in [6.45, 7) is 4.59. The van der Waals surface area contributed by atoms with Crippen molar-refractivity contribution in [3.8, 4) is 5.75 Å². The first-order valence-corrected chi connectivity index (χ1v) is 8.64. The molecule has 0 bridgehead atoms. The summed E-state index contributed by atoms with van der Waals surface area (Å²) in [6, 6.07) is 12.8. The molecule has 1 aliphatic rings. The summed E-state index contributed by atoms with van der Waals surface area (Å²) in [7, 11) is 0. The smallest absolute Gasteiger partial charge is 0.262 e. The number of halogens is 1. The first-order valence-electron chi connectivity index (χ1n) is 8.64. The van der Waals surface area contributed by atoms with Crippen molar-refractivity contribution in [2.75, 3.05) is 18.5 Å². The van der Waals surface area contributed by atoms with Gasteiger partial charge >= 0.3 is 0 Å². The lowest BCUT2D eigenvalue weighted by Gasteiger charge is -2.19. The quantitative estimate of drug-likeness (QED) is 0.732. The minimum absolute atomic E-state index is 0. The summed E-state index contributed by atoms with van der Waals surface area (Å²) in [4.78, 5) is 23.8.